The van der Waals surface area contributed by atoms with E-state index in [1.807, 2.05) is 6.07 Å². The lowest BCUT2D eigenvalue weighted by molar-refractivity contribution is 0.392. The molecule has 60 valence electrons. The van der Waals surface area contributed by atoms with Gasteiger partial charge in [0.05, 0.1) is 7.11 Å². The number of rotatable bonds is 2. The molecule has 1 rings (SSSR count). The summed E-state index contributed by atoms with van der Waals surface area (Å²) in [5, 5.41) is 0. The minimum Gasteiger partial charge on any atom is -0.481 e. The minimum atomic E-state index is 0.468. The van der Waals surface area contributed by atoms with Crippen LogP contribution in [-0.2, 0) is 6.54 Å². The van der Waals surface area contributed by atoms with Crippen LogP contribution in [0.1, 0.15) is 5.56 Å². The maximum absolute atomic E-state index is 5.50. The van der Waals surface area contributed by atoms with Crippen LogP contribution in [0, 0.1) is 3.57 Å². The van der Waals surface area contributed by atoms with E-state index < -0.39 is 0 Å². The zero-order valence-corrected chi connectivity index (χ0v) is 8.33. The van der Waals surface area contributed by atoms with E-state index in [0.717, 1.165) is 9.13 Å². The molecule has 0 bridgehead atoms. The third-order valence-corrected chi connectivity index (χ3v) is 2.37. The van der Waals surface area contributed by atoms with Gasteiger partial charge in [-0.1, -0.05) is 0 Å². The Labute approximate surface area is 79.1 Å². The van der Waals surface area contributed by atoms with Gasteiger partial charge >= 0.3 is 0 Å². The van der Waals surface area contributed by atoms with Crippen molar-refractivity contribution in [3.05, 3.63) is 21.4 Å². The average Bonchev–Trinajstić information content (AvgIpc) is 2.04. The van der Waals surface area contributed by atoms with Crippen LogP contribution < -0.4 is 10.5 Å². The Bertz CT molecular complexity index is 252. The van der Waals surface area contributed by atoms with E-state index in [1.54, 1.807) is 13.3 Å². The molecule has 11 heavy (non-hydrogen) atoms. The number of ether oxygens (including phenoxy) is 1. The van der Waals surface area contributed by atoms with Gasteiger partial charge in [0.2, 0.25) is 5.88 Å². The molecule has 0 spiro atoms. The van der Waals surface area contributed by atoms with Crippen molar-refractivity contribution in [1.29, 1.82) is 0 Å². The third-order valence-electron chi connectivity index (χ3n) is 1.36. The highest BCUT2D eigenvalue weighted by Crippen LogP contribution is 2.19. The molecule has 0 saturated heterocycles. The summed E-state index contributed by atoms with van der Waals surface area (Å²) in [5.41, 5.74) is 6.47. The van der Waals surface area contributed by atoms with Crippen LogP contribution >= 0.6 is 22.6 Å². The lowest BCUT2D eigenvalue weighted by atomic mass is 10.3. The summed E-state index contributed by atoms with van der Waals surface area (Å²) >= 11 is 2.21. The van der Waals surface area contributed by atoms with E-state index in [0.29, 0.717) is 12.4 Å². The fourth-order valence-electron chi connectivity index (χ4n) is 0.812. The van der Waals surface area contributed by atoms with Crippen LogP contribution in [0.5, 0.6) is 5.88 Å². The summed E-state index contributed by atoms with van der Waals surface area (Å²) in [5.74, 6) is 0.624. The highest BCUT2D eigenvalue weighted by Gasteiger charge is 2.04. The van der Waals surface area contributed by atoms with Gasteiger partial charge in [-0.3, -0.25) is 0 Å². The molecule has 3 nitrogen and oxygen atoms in total. The Morgan fingerprint density at radius 3 is 2.91 bits per heavy atom. The monoisotopic (exact) mass is 264 g/mol. The standard InChI is InChI=1S/C7H9IN2O/c1-11-7-5(4-9)6(8)2-3-10-7/h2-3H,4,9H2,1H3. The minimum absolute atomic E-state index is 0.468. The first-order valence-electron chi connectivity index (χ1n) is 3.17. The number of nitrogens with two attached hydrogens (primary N) is 1. The fraction of sp³-hybridized carbons (Fsp3) is 0.286. The Morgan fingerprint density at radius 1 is 1.73 bits per heavy atom. The molecule has 1 aromatic rings. The lowest BCUT2D eigenvalue weighted by Gasteiger charge is -2.05. The molecule has 4 heteroatoms. The number of hydrogen-bond donors (Lipinski definition) is 1. The van der Waals surface area contributed by atoms with Crippen LogP contribution in [0.25, 0.3) is 0 Å². The van der Waals surface area contributed by atoms with Crippen molar-refractivity contribution >= 4 is 22.6 Å². The predicted octanol–water partition coefficient (Wildman–Crippen LogP) is 1.15. The Morgan fingerprint density at radius 2 is 2.45 bits per heavy atom. The van der Waals surface area contributed by atoms with E-state index in [4.69, 9.17) is 10.5 Å². The smallest absolute Gasteiger partial charge is 0.218 e. The van der Waals surface area contributed by atoms with Crippen molar-refractivity contribution in [2.24, 2.45) is 5.73 Å². The molecular formula is C7H9IN2O. The molecule has 0 aliphatic rings. The molecule has 1 heterocycles. The molecule has 0 fully saturated rings. The molecule has 0 aliphatic heterocycles. The molecule has 0 amide bonds. The van der Waals surface area contributed by atoms with Crippen molar-refractivity contribution in [3.8, 4) is 5.88 Å². The molecule has 0 unspecified atom stereocenters. The zero-order chi connectivity index (χ0) is 8.27. The van der Waals surface area contributed by atoms with Crippen LogP contribution in [0.15, 0.2) is 12.3 Å². The van der Waals surface area contributed by atoms with Gasteiger partial charge in [-0.2, -0.15) is 0 Å². The second-order valence-electron chi connectivity index (χ2n) is 1.98. The van der Waals surface area contributed by atoms with Gasteiger partial charge < -0.3 is 10.5 Å². The molecule has 2 N–H and O–H groups in total. The first kappa shape index (κ1) is 8.73. The molecule has 0 radical (unpaired) electrons. The number of halogens is 1. The first-order chi connectivity index (χ1) is 5.29. The molecular weight excluding hydrogens is 255 g/mol. The number of methoxy groups -OCH3 is 1. The summed E-state index contributed by atoms with van der Waals surface area (Å²) in [4.78, 5) is 4.02. The number of pyridine rings is 1. The van der Waals surface area contributed by atoms with Gasteiger partial charge in [-0.15, -0.1) is 0 Å². The second kappa shape index (κ2) is 3.87. The predicted molar refractivity (Wildman–Crippen MR) is 51.4 cm³/mol. The van der Waals surface area contributed by atoms with E-state index in [-0.39, 0.29) is 0 Å². The van der Waals surface area contributed by atoms with Gasteiger partial charge in [0, 0.05) is 21.9 Å². The second-order valence-corrected chi connectivity index (χ2v) is 3.15. The lowest BCUT2D eigenvalue weighted by Crippen LogP contribution is -2.03. The van der Waals surface area contributed by atoms with Crippen LogP contribution in [0.4, 0.5) is 0 Å². The van der Waals surface area contributed by atoms with Crippen molar-refractivity contribution in [2.75, 3.05) is 7.11 Å². The summed E-state index contributed by atoms with van der Waals surface area (Å²) < 4.78 is 6.12. The molecule has 1 aromatic heterocycles. The molecule has 0 aromatic carbocycles. The Kier molecular flexibility index (Phi) is 3.07. The largest absolute Gasteiger partial charge is 0.481 e. The molecule has 0 atom stereocenters. The SMILES string of the molecule is COc1nccc(I)c1CN. The summed E-state index contributed by atoms with van der Waals surface area (Å²) in [6, 6.07) is 1.91. The van der Waals surface area contributed by atoms with Gasteiger partial charge in [-0.05, 0) is 28.7 Å². The topological polar surface area (TPSA) is 48.1 Å². The number of hydrogen-bond acceptors (Lipinski definition) is 3. The third kappa shape index (κ3) is 1.81. The van der Waals surface area contributed by atoms with Crippen LogP contribution in [-0.4, -0.2) is 12.1 Å². The van der Waals surface area contributed by atoms with E-state index in [1.165, 1.54) is 0 Å². The van der Waals surface area contributed by atoms with Crippen molar-refractivity contribution in [1.82, 2.24) is 4.98 Å². The highest BCUT2D eigenvalue weighted by atomic mass is 127. The van der Waals surface area contributed by atoms with E-state index in [9.17, 15) is 0 Å². The summed E-state index contributed by atoms with van der Waals surface area (Å²) in [6.07, 6.45) is 1.71. The fourth-order valence-corrected chi connectivity index (χ4v) is 1.42. The summed E-state index contributed by atoms with van der Waals surface area (Å²) in [7, 11) is 1.59. The van der Waals surface area contributed by atoms with Crippen LogP contribution in [0.3, 0.4) is 0 Å². The first-order valence-corrected chi connectivity index (χ1v) is 4.25. The zero-order valence-electron chi connectivity index (χ0n) is 6.17. The number of aromatic nitrogens is 1. The van der Waals surface area contributed by atoms with E-state index in [2.05, 4.69) is 27.6 Å². The molecule has 0 aliphatic carbocycles. The normalized spacial score (nSPS) is 9.73. The maximum atomic E-state index is 5.50. The quantitative estimate of drug-likeness (QED) is 0.815. The van der Waals surface area contributed by atoms with Crippen molar-refractivity contribution in [3.63, 3.8) is 0 Å². The highest BCUT2D eigenvalue weighted by molar-refractivity contribution is 14.1. The maximum Gasteiger partial charge on any atom is 0.218 e. The average molecular weight is 264 g/mol. The van der Waals surface area contributed by atoms with Crippen molar-refractivity contribution in [2.45, 2.75) is 6.54 Å². The molecule has 0 saturated carbocycles. The van der Waals surface area contributed by atoms with Crippen molar-refractivity contribution < 1.29 is 4.74 Å². The Hall–Kier alpha value is -0.360. The van der Waals surface area contributed by atoms with Gasteiger partial charge in [0.15, 0.2) is 0 Å². The van der Waals surface area contributed by atoms with Crippen LogP contribution in [0.2, 0.25) is 0 Å². The number of nitrogens with zero attached hydrogens (tertiary/aromatic N) is 1. The van der Waals surface area contributed by atoms with E-state index >= 15 is 0 Å². The Balaban J connectivity index is 3.13. The summed E-state index contributed by atoms with van der Waals surface area (Å²) in [6.45, 7) is 0.468. The van der Waals surface area contributed by atoms with Gasteiger partial charge in [0.1, 0.15) is 0 Å². The van der Waals surface area contributed by atoms with Gasteiger partial charge in [-0.25, -0.2) is 4.98 Å². The van der Waals surface area contributed by atoms with Gasteiger partial charge in [0.25, 0.3) is 0 Å².